The highest BCUT2D eigenvalue weighted by Gasteiger charge is 2.16. The minimum absolute atomic E-state index is 0.0919. The van der Waals surface area contributed by atoms with Crippen LogP contribution in [0.15, 0.2) is 41.2 Å². The molecule has 0 radical (unpaired) electrons. The van der Waals surface area contributed by atoms with E-state index in [9.17, 15) is 4.79 Å². The molecule has 6 nitrogen and oxygen atoms in total. The Morgan fingerprint density at radius 1 is 1.13 bits per heavy atom. The molecule has 0 amide bonds. The highest BCUT2D eigenvalue weighted by Crippen LogP contribution is 2.14. The minimum atomic E-state index is -0.0919. The number of likely N-dealkylation sites (N-methyl/N-ethyl adjacent to an activating group) is 1. The number of nitrogens with zero attached hydrogens (tertiary/aromatic N) is 4. The van der Waals surface area contributed by atoms with E-state index in [2.05, 4.69) is 21.9 Å². The zero-order valence-corrected chi connectivity index (χ0v) is 13.6. The molecule has 0 unspecified atom stereocenters. The lowest BCUT2D eigenvalue weighted by Crippen LogP contribution is -2.45. The fourth-order valence-corrected chi connectivity index (χ4v) is 2.70. The highest BCUT2D eigenvalue weighted by atomic mass is 16.5. The molecule has 0 N–H and O–H groups in total. The quantitative estimate of drug-likeness (QED) is 0.844. The first-order valence-corrected chi connectivity index (χ1v) is 7.80. The predicted molar refractivity (Wildman–Crippen MR) is 90.3 cm³/mol. The summed E-state index contributed by atoms with van der Waals surface area (Å²) in [6.07, 6.45) is 0. The molecule has 3 rings (SSSR count). The van der Waals surface area contributed by atoms with Gasteiger partial charge in [0.15, 0.2) is 0 Å². The molecule has 1 aromatic heterocycles. The maximum absolute atomic E-state index is 12.1. The van der Waals surface area contributed by atoms with E-state index < -0.39 is 0 Å². The van der Waals surface area contributed by atoms with E-state index in [0.29, 0.717) is 6.54 Å². The number of rotatable bonds is 4. The molecule has 2 heterocycles. The van der Waals surface area contributed by atoms with Crippen LogP contribution in [0.4, 0.5) is 5.82 Å². The molecule has 1 aliphatic rings. The number of benzene rings is 1. The molecule has 0 aliphatic carbocycles. The Labute approximate surface area is 135 Å². The van der Waals surface area contributed by atoms with Crippen molar-refractivity contribution in [1.82, 2.24) is 14.7 Å². The average Bonchev–Trinajstić information content (AvgIpc) is 2.58. The van der Waals surface area contributed by atoms with Crippen LogP contribution in [0.2, 0.25) is 0 Å². The fraction of sp³-hybridized carbons (Fsp3) is 0.412. The van der Waals surface area contributed by atoms with Gasteiger partial charge in [-0.2, -0.15) is 5.10 Å². The molecule has 6 heteroatoms. The van der Waals surface area contributed by atoms with E-state index in [0.717, 1.165) is 43.3 Å². The van der Waals surface area contributed by atoms with Gasteiger partial charge in [0.2, 0.25) is 0 Å². The first-order valence-electron chi connectivity index (χ1n) is 7.80. The van der Waals surface area contributed by atoms with Gasteiger partial charge in [-0.25, -0.2) is 4.68 Å². The third-order valence-electron chi connectivity index (χ3n) is 4.15. The van der Waals surface area contributed by atoms with Crippen molar-refractivity contribution in [1.29, 1.82) is 0 Å². The molecule has 0 saturated carbocycles. The summed E-state index contributed by atoms with van der Waals surface area (Å²) < 4.78 is 6.75. The lowest BCUT2D eigenvalue weighted by atomic mass is 10.2. The van der Waals surface area contributed by atoms with Gasteiger partial charge in [0.25, 0.3) is 5.56 Å². The first-order chi connectivity index (χ1) is 11.2. The summed E-state index contributed by atoms with van der Waals surface area (Å²) in [5.41, 5.74) is 0.903. The molecule has 1 saturated heterocycles. The van der Waals surface area contributed by atoms with E-state index in [1.165, 1.54) is 4.68 Å². The normalized spacial score (nSPS) is 15.7. The van der Waals surface area contributed by atoms with Gasteiger partial charge in [-0.3, -0.25) is 4.79 Å². The molecule has 0 bridgehead atoms. The molecular formula is C17H22N4O2. The second-order valence-electron chi connectivity index (χ2n) is 5.83. The number of aromatic nitrogens is 2. The molecule has 1 aromatic carbocycles. The van der Waals surface area contributed by atoms with Crippen molar-refractivity contribution in [3.05, 3.63) is 52.3 Å². The lowest BCUT2D eigenvalue weighted by Gasteiger charge is -2.33. The Morgan fingerprint density at radius 2 is 1.91 bits per heavy atom. The summed E-state index contributed by atoms with van der Waals surface area (Å²) in [7, 11) is 3.76. The monoisotopic (exact) mass is 314 g/mol. The number of hydrogen-bond donors (Lipinski definition) is 0. The minimum Gasteiger partial charge on any atom is -0.497 e. The van der Waals surface area contributed by atoms with Crippen LogP contribution in [0.1, 0.15) is 5.56 Å². The smallest absolute Gasteiger partial charge is 0.267 e. The Balaban J connectivity index is 1.81. The third-order valence-corrected chi connectivity index (χ3v) is 4.15. The predicted octanol–water partition coefficient (Wildman–Crippen LogP) is 1.05. The zero-order valence-electron chi connectivity index (χ0n) is 13.6. The zero-order chi connectivity index (χ0) is 16.2. The van der Waals surface area contributed by atoms with Gasteiger partial charge in [0.05, 0.1) is 13.7 Å². The maximum atomic E-state index is 12.1. The molecule has 2 aromatic rings. The van der Waals surface area contributed by atoms with Crippen LogP contribution in [0, 0.1) is 0 Å². The summed E-state index contributed by atoms with van der Waals surface area (Å²) in [5, 5.41) is 4.54. The molecule has 0 spiro atoms. The number of piperazine rings is 1. The topological polar surface area (TPSA) is 50.6 Å². The van der Waals surface area contributed by atoms with Crippen molar-refractivity contribution >= 4 is 5.82 Å². The van der Waals surface area contributed by atoms with Crippen LogP contribution in [-0.2, 0) is 6.54 Å². The van der Waals surface area contributed by atoms with Crippen molar-refractivity contribution < 1.29 is 4.74 Å². The van der Waals surface area contributed by atoms with Gasteiger partial charge in [0, 0.05) is 32.2 Å². The van der Waals surface area contributed by atoms with E-state index >= 15 is 0 Å². The maximum Gasteiger partial charge on any atom is 0.267 e. The van der Waals surface area contributed by atoms with Gasteiger partial charge >= 0.3 is 0 Å². The van der Waals surface area contributed by atoms with Gasteiger partial charge in [-0.05, 0) is 30.8 Å². The van der Waals surface area contributed by atoms with Gasteiger partial charge in [-0.1, -0.05) is 12.1 Å². The van der Waals surface area contributed by atoms with Crippen molar-refractivity contribution in [2.75, 3.05) is 45.2 Å². The number of anilines is 1. The van der Waals surface area contributed by atoms with Crippen LogP contribution < -0.4 is 15.2 Å². The average molecular weight is 314 g/mol. The van der Waals surface area contributed by atoms with E-state index in [1.807, 2.05) is 30.3 Å². The summed E-state index contributed by atoms with van der Waals surface area (Å²) in [6, 6.07) is 11.1. The molecular weight excluding hydrogens is 292 g/mol. The second kappa shape index (κ2) is 6.83. The Morgan fingerprint density at radius 3 is 2.65 bits per heavy atom. The van der Waals surface area contributed by atoms with Crippen molar-refractivity contribution in [3.8, 4) is 5.75 Å². The van der Waals surface area contributed by atoms with Crippen molar-refractivity contribution in [2.24, 2.45) is 0 Å². The highest BCUT2D eigenvalue weighted by molar-refractivity contribution is 5.37. The number of hydrogen-bond acceptors (Lipinski definition) is 5. The standard InChI is InChI=1S/C17H22N4O2/c1-19-8-10-20(11-9-19)16-6-7-17(22)21(18-16)13-14-4-3-5-15(12-14)23-2/h3-7,12H,8-11,13H2,1-2H3. The molecule has 23 heavy (non-hydrogen) atoms. The Hall–Kier alpha value is -2.34. The Kier molecular flexibility index (Phi) is 4.62. The SMILES string of the molecule is COc1cccc(Cn2nc(N3CCN(C)CC3)ccc2=O)c1. The molecule has 0 atom stereocenters. The fourth-order valence-electron chi connectivity index (χ4n) is 2.70. The van der Waals surface area contributed by atoms with Gasteiger partial charge in [-0.15, -0.1) is 0 Å². The van der Waals surface area contributed by atoms with Gasteiger partial charge < -0.3 is 14.5 Å². The first kappa shape index (κ1) is 15.6. The van der Waals surface area contributed by atoms with Gasteiger partial charge in [0.1, 0.15) is 11.6 Å². The largest absolute Gasteiger partial charge is 0.497 e. The number of ether oxygens (including phenoxy) is 1. The third kappa shape index (κ3) is 3.71. The van der Waals surface area contributed by atoms with Crippen LogP contribution in [0.5, 0.6) is 5.75 Å². The second-order valence-corrected chi connectivity index (χ2v) is 5.83. The lowest BCUT2D eigenvalue weighted by molar-refractivity contribution is 0.311. The van der Waals surface area contributed by atoms with Crippen LogP contribution in [0.25, 0.3) is 0 Å². The summed E-state index contributed by atoms with van der Waals surface area (Å²) >= 11 is 0. The van der Waals surface area contributed by atoms with Crippen molar-refractivity contribution in [2.45, 2.75) is 6.54 Å². The molecule has 1 fully saturated rings. The molecule has 122 valence electrons. The van der Waals surface area contributed by atoms with E-state index in [1.54, 1.807) is 13.2 Å². The van der Waals surface area contributed by atoms with Crippen molar-refractivity contribution in [3.63, 3.8) is 0 Å². The summed E-state index contributed by atoms with van der Waals surface area (Å²) in [6.45, 7) is 4.33. The Bertz CT molecular complexity index is 721. The molecule has 1 aliphatic heterocycles. The van der Waals surface area contributed by atoms with E-state index in [-0.39, 0.29) is 5.56 Å². The summed E-state index contributed by atoms with van der Waals surface area (Å²) in [5.74, 6) is 1.64. The van der Waals surface area contributed by atoms with E-state index in [4.69, 9.17) is 4.74 Å². The van der Waals surface area contributed by atoms with Crippen LogP contribution in [-0.4, -0.2) is 55.0 Å². The van der Waals surface area contributed by atoms with Crippen LogP contribution in [0.3, 0.4) is 0 Å². The van der Waals surface area contributed by atoms with Crippen LogP contribution >= 0.6 is 0 Å². The number of methoxy groups -OCH3 is 1. The summed E-state index contributed by atoms with van der Waals surface area (Å²) in [4.78, 5) is 16.6.